The first kappa shape index (κ1) is 13.2. The van der Waals surface area contributed by atoms with E-state index in [0.29, 0.717) is 12.0 Å². The molecule has 92 valence electrons. The van der Waals surface area contributed by atoms with E-state index in [-0.39, 0.29) is 17.9 Å². The fraction of sp³-hybridized carbons (Fsp3) is 0.385. The molecular formula is C13H18N2O2. The summed E-state index contributed by atoms with van der Waals surface area (Å²) < 4.78 is 0. The SMILES string of the molecule is CC(CC(=O)N(C)C)NC(=O)c1ccccc1. The molecule has 1 aromatic rings. The van der Waals surface area contributed by atoms with Crippen LogP contribution < -0.4 is 5.32 Å². The van der Waals surface area contributed by atoms with Gasteiger partial charge in [-0.1, -0.05) is 18.2 Å². The molecule has 1 unspecified atom stereocenters. The highest BCUT2D eigenvalue weighted by Gasteiger charge is 2.13. The van der Waals surface area contributed by atoms with Gasteiger partial charge in [0.25, 0.3) is 5.91 Å². The normalized spacial score (nSPS) is 11.7. The lowest BCUT2D eigenvalue weighted by Gasteiger charge is -2.16. The number of hydrogen-bond acceptors (Lipinski definition) is 2. The first-order valence-corrected chi connectivity index (χ1v) is 5.56. The van der Waals surface area contributed by atoms with E-state index in [0.717, 1.165) is 0 Å². The van der Waals surface area contributed by atoms with Gasteiger partial charge >= 0.3 is 0 Å². The molecule has 4 heteroatoms. The van der Waals surface area contributed by atoms with Crippen molar-refractivity contribution in [2.24, 2.45) is 0 Å². The molecule has 0 aliphatic carbocycles. The van der Waals surface area contributed by atoms with Crippen LogP contribution in [-0.2, 0) is 4.79 Å². The van der Waals surface area contributed by atoms with Crippen molar-refractivity contribution in [2.75, 3.05) is 14.1 Å². The second-order valence-corrected chi connectivity index (χ2v) is 4.23. The molecule has 0 bridgehead atoms. The van der Waals surface area contributed by atoms with Crippen LogP contribution in [0.15, 0.2) is 30.3 Å². The minimum Gasteiger partial charge on any atom is -0.349 e. The molecule has 1 N–H and O–H groups in total. The average Bonchev–Trinajstić information content (AvgIpc) is 2.29. The number of amides is 2. The summed E-state index contributed by atoms with van der Waals surface area (Å²) in [6, 6.07) is 8.80. The third-order valence-electron chi connectivity index (χ3n) is 2.39. The molecule has 1 atom stereocenters. The minimum absolute atomic E-state index is 0.00543. The zero-order valence-corrected chi connectivity index (χ0v) is 10.4. The summed E-state index contributed by atoms with van der Waals surface area (Å²) in [6.07, 6.45) is 0.311. The fourth-order valence-electron chi connectivity index (χ4n) is 1.39. The van der Waals surface area contributed by atoms with E-state index >= 15 is 0 Å². The van der Waals surface area contributed by atoms with E-state index in [1.54, 1.807) is 26.2 Å². The van der Waals surface area contributed by atoms with Crippen LogP contribution in [-0.4, -0.2) is 36.9 Å². The molecule has 0 heterocycles. The monoisotopic (exact) mass is 234 g/mol. The molecule has 17 heavy (non-hydrogen) atoms. The Balaban J connectivity index is 2.50. The third kappa shape index (κ3) is 4.26. The highest BCUT2D eigenvalue weighted by Crippen LogP contribution is 2.01. The van der Waals surface area contributed by atoms with Gasteiger partial charge in [-0.3, -0.25) is 9.59 Å². The van der Waals surface area contributed by atoms with Crippen LogP contribution in [0.5, 0.6) is 0 Å². The van der Waals surface area contributed by atoms with Crippen LogP contribution in [0.2, 0.25) is 0 Å². The summed E-state index contributed by atoms with van der Waals surface area (Å²) in [5.74, 6) is -0.143. The maximum absolute atomic E-state index is 11.8. The smallest absolute Gasteiger partial charge is 0.251 e. The molecular weight excluding hydrogens is 216 g/mol. The first-order chi connectivity index (χ1) is 8.00. The Kier molecular flexibility index (Phi) is 4.69. The highest BCUT2D eigenvalue weighted by molar-refractivity contribution is 5.94. The molecule has 0 aliphatic heterocycles. The van der Waals surface area contributed by atoms with Gasteiger partial charge in [0.15, 0.2) is 0 Å². The lowest BCUT2D eigenvalue weighted by atomic mass is 10.1. The second kappa shape index (κ2) is 6.03. The lowest BCUT2D eigenvalue weighted by Crippen LogP contribution is -2.36. The van der Waals surface area contributed by atoms with Crippen molar-refractivity contribution in [1.29, 1.82) is 0 Å². The van der Waals surface area contributed by atoms with Crippen molar-refractivity contribution in [2.45, 2.75) is 19.4 Å². The summed E-state index contributed by atoms with van der Waals surface area (Å²) in [5.41, 5.74) is 0.608. The molecule has 2 amide bonds. The number of hydrogen-bond donors (Lipinski definition) is 1. The molecule has 0 saturated carbocycles. The van der Waals surface area contributed by atoms with Crippen molar-refractivity contribution in [1.82, 2.24) is 10.2 Å². The summed E-state index contributed by atoms with van der Waals surface area (Å²) in [7, 11) is 3.40. The fourth-order valence-corrected chi connectivity index (χ4v) is 1.39. The van der Waals surface area contributed by atoms with E-state index < -0.39 is 0 Å². The Hall–Kier alpha value is -1.84. The Morgan fingerprint density at radius 2 is 1.82 bits per heavy atom. The van der Waals surface area contributed by atoms with Gasteiger partial charge in [-0.05, 0) is 19.1 Å². The van der Waals surface area contributed by atoms with Crippen molar-refractivity contribution < 1.29 is 9.59 Å². The Morgan fingerprint density at radius 3 is 2.35 bits per heavy atom. The third-order valence-corrected chi connectivity index (χ3v) is 2.39. The topological polar surface area (TPSA) is 49.4 Å². The zero-order valence-electron chi connectivity index (χ0n) is 10.4. The van der Waals surface area contributed by atoms with Crippen LogP contribution in [0, 0.1) is 0 Å². The van der Waals surface area contributed by atoms with E-state index in [2.05, 4.69) is 5.32 Å². The Bertz CT molecular complexity index is 388. The average molecular weight is 234 g/mol. The standard InChI is InChI=1S/C13H18N2O2/c1-10(9-12(16)15(2)3)14-13(17)11-7-5-4-6-8-11/h4-8,10H,9H2,1-3H3,(H,14,17). The number of carbonyl (C=O) groups is 2. The number of nitrogens with zero attached hydrogens (tertiary/aromatic N) is 1. The van der Waals surface area contributed by atoms with Crippen LogP contribution in [0.25, 0.3) is 0 Å². The maximum atomic E-state index is 11.8. The van der Waals surface area contributed by atoms with Crippen LogP contribution in [0.3, 0.4) is 0 Å². The van der Waals surface area contributed by atoms with Gasteiger partial charge in [-0.2, -0.15) is 0 Å². The molecule has 1 aromatic carbocycles. The van der Waals surface area contributed by atoms with E-state index in [1.807, 2.05) is 25.1 Å². The van der Waals surface area contributed by atoms with Crippen LogP contribution >= 0.6 is 0 Å². The number of benzene rings is 1. The summed E-state index contributed by atoms with van der Waals surface area (Å²) in [5, 5.41) is 2.80. The van der Waals surface area contributed by atoms with Gasteiger partial charge in [0.05, 0.1) is 0 Å². The van der Waals surface area contributed by atoms with E-state index in [4.69, 9.17) is 0 Å². The molecule has 0 aromatic heterocycles. The first-order valence-electron chi connectivity index (χ1n) is 5.56. The predicted molar refractivity (Wildman–Crippen MR) is 66.7 cm³/mol. The van der Waals surface area contributed by atoms with Gasteiger partial charge in [-0.25, -0.2) is 0 Å². The molecule has 0 spiro atoms. The highest BCUT2D eigenvalue weighted by atomic mass is 16.2. The molecule has 0 saturated heterocycles. The van der Waals surface area contributed by atoms with Gasteiger partial charge in [0, 0.05) is 32.1 Å². The summed E-state index contributed by atoms with van der Waals surface area (Å²) in [6.45, 7) is 1.82. The minimum atomic E-state index is -0.169. The van der Waals surface area contributed by atoms with Gasteiger partial charge in [-0.15, -0.1) is 0 Å². The lowest BCUT2D eigenvalue weighted by molar-refractivity contribution is -0.129. The largest absolute Gasteiger partial charge is 0.349 e. The Labute approximate surface area is 102 Å². The number of rotatable bonds is 4. The number of carbonyl (C=O) groups excluding carboxylic acids is 2. The zero-order chi connectivity index (χ0) is 12.8. The van der Waals surface area contributed by atoms with Gasteiger partial charge < -0.3 is 10.2 Å². The van der Waals surface area contributed by atoms with Crippen LogP contribution in [0.4, 0.5) is 0 Å². The molecule has 4 nitrogen and oxygen atoms in total. The predicted octanol–water partition coefficient (Wildman–Crippen LogP) is 1.28. The molecule has 1 rings (SSSR count). The maximum Gasteiger partial charge on any atom is 0.251 e. The quantitative estimate of drug-likeness (QED) is 0.853. The summed E-state index contributed by atoms with van der Waals surface area (Å²) in [4.78, 5) is 24.7. The van der Waals surface area contributed by atoms with Crippen molar-refractivity contribution in [3.8, 4) is 0 Å². The number of nitrogens with one attached hydrogen (secondary N) is 1. The van der Waals surface area contributed by atoms with E-state index in [1.165, 1.54) is 4.90 Å². The van der Waals surface area contributed by atoms with Gasteiger partial charge in [0.1, 0.15) is 0 Å². The summed E-state index contributed by atoms with van der Waals surface area (Å²) >= 11 is 0. The molecule has 0 aliphatic rings. The van der Waals surface area contributed by atoms with E-state index in [9.17, 15) is 9.59 Å². The van der Waals surface area contributed by atoms with Crippen molar-refractivity contribution in [3.63, 3.8) is 0 Å². The second-order valence-electron chi connectivity index (χ2n) is 4.23. The van der Waals surface area contributed by atoms with Crippen molar-refractivity contribution >= 4 is 11.8 Å². The van der Waals surface area contributed by atoms with Gasteiger partial charge in [0.2, 0.25) is 5.91 Å². The van der Waals surface area contributed by atoms with Crippen molar-refractivity contribution in [3.05, 3.63) is 35.9 Å². The molecule has 0 fully saturated rings. The molecule has 0 radical (unpaired) electrons. The Morgan fingerprint density at radius 1 is 1.24 bits per heavy atom. The van der Waals surface area contributed by atoms with Crippen LogP contribution in [0.1, 0.15) is 23.7 Å².